The van der Waals surface area contributed by atoms with Gasteiger partial charge in [-0.1, -0.05) is 0 Å². The number of amides is 1. The van der Waals surface area contributed by atoms with E-state index in [0.717, 1.165) is 4.31 Å². The van der Waals surface area contributed by atoms with Crippen LogP contribution < -0.4 is 0 Å². The first-order chi connectivity index (χ1) is 12.8. The van der Waals surface area contributed by atoms with Crippen LogP contribution in [0.2, 0.25) is 0 Å². The molecule has 3 rings (SSSR count). The normalized spacial score (nSPS) is 16.1. The molecule has 2 heterocycles. The Kier molecular flexibility index (Phi) is 5.59. The van der Waals surface area contributed by atoms with Crippen LogP contribution in [0.5, 0.6) is 0 Å². The van der Waals surface area contributed by atoms with Crippen molar-refractivity contribution in [2.24, 2.45) is 0 Å². The van der Waals surface area contributed by atoms with Crippen LogP contribution in [0, 0.1) is 6.92 Å². The van der Waals surface area contributed by atoms with Gasteiger partial charge >= 0.3 is 0 Å². The smallest absolute Gasteiger partial charge is 0.253 e. The molecule has 0 saturated carbocycles. The molecule has 0 bridgehead atoms. The minimum atomic E-state index is -3.50. The summed E-state index contributed by atoms with van der Waals surface area (Å²) in [6, 6.07) is 6.06. The summed E-state index contributed by atoms with van der Waals surface area (Å²) < 4.78 is 30.8. The van der Waals surface area contributed by atoms with Crippen LogP contribution in [0.3, 0.4) is 0 Å². The van der Waals surface area contributed by atoms with Gasteiger partial charge in [-0.2, -0.15) is 0 Å². The third-order valence-electron chi connectivity index (χ3n) is 4.47. The zero-order valence-electron chi connectivity index (χ0n) is 15.6. The molecule has 9 nitrogen and oxygen atoms in total. The molecular formula is C17H23N5O4S. The van der Waals surface area contributed by atoms with Crippen molar-refractivity contribution in [3.05, 3.63) is 41.6 Å². The van der Waals surface area contributed by atoms with Crippen molar-refractivity contribution in [2.75, 3.05) is 40.3 Å². The van der Waals surface area contributed by atoms with Gasteiger partial charge in [0.2, 0.25) is 21.8 Å². The van der Waals surface area contributed by atoms with E-state index in [1.165, 1.54) is 26.2 Å². The Balaban J connectivity index is 1.59. The summed E-state index contributed by atoms with van der Waals surface area (Å²) in [6.07, 6.45) is 0. The van der Waals surface area contributed by atoms with Gasteiger partial charge in [-0.05, 0) is 24.3 Å². The maximum atomic E-state index is 12.7. The number of piperazine rings is 1. The van der Waals surface area contributed by atoms with Crippen LogP contribution in [0.4, 0.5) is 0 Å². The second-order valence-corrected chi connectivity index (χ2v) is 8.75. The number of hydrogen-bond acceptors (Lipinski definition) is 7. The van der Waals surface area contributed by atoms with Crippen molar-refractivity contribution in [3.63, 3.8) is 0 Å². The van der Waals surface area contributed by atoms with Gasteiger partial charge in [0, 0.05) is 52.8 Å². The summed E-state index contributed by atoms with van der Waals surface area (Å²) in [4.78, 5) is 16.8. The van der Waals surface area contributed by atoms with Crippen molar-refractivity contribution in [2.45, 2.75) is 18.4 Å². The van der Waals surface area contributed by atoms with Gasteiger partial charge < -0.3 is 9.32 Å². The van der Waals surface area contributed by atoms with Crippen molar-refractivity contribution in [1.82, 2.24) is 24.3 Å². The molecule has 0 N–H and O–H groups in total. The second-order valence-electron chi connectivity index (χ2n) is 6.59. The summed E-state index contributed by atoms with van der Waals surface area (Å²) in [5, 5.41) is 7.81. The standard InChI is InChI=1S/C17H23N5O4S/c1-13-18-19-16(26-13)12-21-8-10-22(11-9-21)17(23)14-4-6-15(7-5-14)27(24,25)20(2)3/h4-7H,8-12H2,1-3H3. The lowest BCUT2D eigenvalue weighted by Gasteiger charge is -2.34. The lowest BCUT2D eigenvalue weighted by molar-refractivity contribution is 0.0617. The van der Waals surface area contributed by atoms with E-state index < -0.39 is 10.0 Å². The highest BCUT2D eigenvalue weighted by molar-refractivity contribution is 7.89. The fourth-order valence-corrected chi connectivity index (χ4v) is 3.77. The number of rotatable bonds is 5. The van der Waals surface area contributed by atoms with Crippen molar-refractivity contribution in [3.8, 4) is 0 Å². The van der Waals surface area contributed by atoms with Crippen LogP contribution in [0.1, 0.15) is 22.1 Å². The van der Waals surface area contributed by atoms with E-state index in [-0.39, 0.29) is 10.8 Å². The van der Waals surface area contributed by atoms with E-state index in [1.54, 1.807) is 24.0 Å². The van der Waals surface area contributed by atoms with Gasteiger partial charge in [-0.3, -0.25) is 9.69 Å². The van der Waals surface area contributed by atoms with Gasteiger partial charge in [-0.25, -0.2) is 12.7 Å². The Morgan fingerprint density at radius 2 is 1.74 bits per heavy atom. The summed E-state index contributed by atoms with van der Waals surface area (Å²) in [6.45, 7) is 4.91. The molecule has 1 aromatic heterocycles. The maximum absolute atomic E-state index is 12.7. The Bertz CT molecular complexity index is 900. The zero-order valence-corrected chi connectivity index (χ0v) is 16.4. The van der Waals surface area contributed by atoms with E-state index in [4.69, 9.17) is 4.42 Å². The van der Waals surface area contributed by atoms with Crippen molar-refractivity contribution in [1.29, 1.82) is 0 Å². The molecule has 1 amide bonds. The molecule has 2 aromatic rings. The number of hydrogen-bond donors (Lipinski definition) is 0. The fourth-order valence-electron chi connectivity index (χ4n) is 2.86. The van der Waals surface area contributed by atoms with E-state index in [0.29, 0.717) is 50.1 Å². The predicted octanol–water partition coefficient (Wildman–Crippen LogP) is 0.586. The van der Waals surface area contributed by atoms with Crippen LogP contribution in [0.15, 0.2) is 33.6 Å². The molecule has 1 saturated heterocycles. The second kappa shape index (κ2) is 7.75. The first-order valence-electron chi connectivity index (χ1n) is 8.60. The van der Waals surface area contributed by atoms with Crippen LogP contribution >= 0.6 is 0 Å². The average Bonchev–Trinajstić information content (AvgIpc) is 3.06. The van der Waals surface area contributed by atoms with Crippen LogP contribution in [-0.4, -0.2) is 78.9 Å². The lowest BCUT2D eigenvalue weighted by Crippen LogP contribution is -2.48. The lowest BCUT2D eigenvalue weighted by atomic mass is 10.2. The number of sulfonamides is 1. The Morgan fingerprint density at radius 3 is 2.26 bits per heavy atom. The van der Waals surface area contributed by atoms with Gasteiger partial charge in [0.25, 0.3) is 5.91 Å². The van der Waals surface area contributed by atoms with Crippen LogP contribution in [0.25, 0.3) is 0 Å². The molecule has 1 fully saturated rings. The maximum Gasteiger partial charge on any atom is 0.253 e. The average molecular weight is 393 g/mol. The fraction of sp³-hybridized carbons (Fsp3) is 0.471. The minimum absolute atomic E-state index is 0.0999. The van der Waals surface area contributed by atoms with Crippen molar-refractivity contribution < 1.29 is 17.6 Å². The summed E-state index contributed by atoms with van der Waals surface area (Å²) in [7, 11) is -0.546. The topological polar surface area (TPSA) is 99.8 Å². The zero-order chi connectivity index (χ0) is 19.6. The Morgan fingerprint density at radius 1 is 1.11 bits per heavy atom. The monoisotopic (exact) mass is 393 g/mol. The Hall–Kier alpha value is -2.30. The highest BCUT2D eigenvalue weighted by Gasteiger charge is 2.24. The predicted molar refractivity (Wildman–Crippen MR) is 97.5 cm³/mol. The molecule has 146 valence electrons. The summed E-state index contributed by atoms with van der Waals surface area (Å²) >= 11 is 0. The number of aromatic nitrogens is 2. The quantitative estimate of drug-likeness (QED) is 0.733. The first kappa shape index (κ1) is 19.5. The highest BCUT2D eigenvalue weighted by Crippen LogP contribution is 2.16. The number of aryl methyl sites for hydroxylation is 1. The molecule has 0 radical (unpaired) electrons. The minimum Gasteiger partial charge on any atom is -0.424 e. The van der Waals surface area contributed by atoms with Crippen molar-refractivity contribution >= 4 is 15.9 Å². The Labute approximate surface area is 158 Å². The van der Waals surface area contributed by atoms with E-state index >= 15 is 0 Å². The van der Waals surface area contributed by atoms with E-state index in [1.807, 2.05) is 0 Å². The molecule has 0 unspecified atom stereocenters. The largest absolute Gasteiger partial charge is 0.424 e. The number of carbonyl (C=O) groups excluding carboxylic acids is 1. The molecule has 27 heavy (non-hydrogen) atoms. The van der Waals surface area contributed by atoms with Gasteiger partial charge in [0.1, 0.15) is 0 Å². The van der Waals surface area contributed by atoms with Gasteiger partial charge in [0.05, 0.1) is 11.4 Å². The SMILES string of the molecule is Cc1nnc(CN2CCN(C(=O)c3ccc(S(=O)(=O)N(C)C)cc3)CC2)o1. The molecule has 10 heteroatoms. The first-order valence-corrected chi connectivity index (χ1v) is 10.0. The number of benzene rings is 1. The molecule has 0 aliphatic carbocycles. The van der Waals surface area contributed by atoms with E-state index in [9.17, 15) is 13.2 Å². The van der Waals surface area contributed by atoms with Gasteiger partial charge in [-0.15, -0.1) is 10.2 Å². The molecular weight excluding hydrogens is 370 g/mol. The van der Waals surface area contributed by atoms with E-state index in [2.05, 4.69) is 15.1 Å². The van der Waals surface area contributed by atoms with Crippen LogP contribution in [-0.2, 0) is 16.6 Å². The number of nitrogens with zero attached hydrogens (tertiary/aromatic N) is 5. The molecule has 1 aliphatic heterocycles. The highest BCUT2D eigenvalue weighted by atomic mass is 32.2. The third-order valence-corrected chi connectivity index (χ3v) is 6.30. The third kappa shape index (κ3) is 4.34. The number of carbonyl (C=O) groups is 1. The molecule has 1 aliphatic rings. The molecule has 1 aromatic carbocycles. The van der Waals surface area contributed by atoms with Gasteiger partial charge in [0.15, 0.2) is 0 Å². The molecule has 0 spiro atoms. The summed E-state index contributed by atoms with van der Waals surface area (Å²) in [5.74, 6) is 1.01. The molecule has 0 atom stereocenters. The summed E-state index contributed by atoms with van der Waals surface area (Å²) in [5.41, 5.74) is 0.480.